The molecule has 0 saturated carbocycles. The highest BCUT2D eigenvalue weighted by molar-refractivity contribution is 5.67. The molecular formula is C16H15N3. The second-order valence-corrected chi connectivity index (χ2v) is 4.45. The van der Waals surface area contributed by atoms with Crippen LogP contribution in [0, 0.1) is 0 Å². The second kappa shape index (κ2) is 5.06. The maximum absolute atomic E-state index is 4.37. The number of aromatic amines is 1. The zero-order chi connectivity index (χ0) is 13.1. The molecule has 19 heavy (non-hydrogen) atoms. The van der Waals surface area contributed by atoms with Crippen molar-refractivity contribution in [3.63, 3.8) is 0 Å². The van der Waals surface area contributed by atoms with Gasteiger partial charge in [-0.2, -0.15) is 5.10 Å². The van der Waals surface area contributed by atoms with Crippen molar-refractivity contribution in [1.82, 2.24) is 15.2 Å². The SMILES string of the molecule is CCc1ccc(-c2cc(-c3ccncc3)[nH]n2)cc1. The first kappa shape index (κ1) is 11.7. The van der Waals surface area contributed by atoms with Crippen molar-refractivity contribution in [2.75, 3.05) is 0 Å². The number of aryl methyl sites for hydroxylation is 1. The Morgan fingerprint density at radius 2 is 1.68 bits per heavy atom. The molecule has 0 aliphatic carbocycles. The van der Waals surface area contributed by atoms with Crippen molar-refractivity contribution >= 4 is 0 Å². The Kier molecular flexibility index (Phi) is 3.11. The van der Waals surface area contributed by atoms with Gasteiger partial charge in [-0.05, 0) is 30.2 Å². The van der Waals surface area contributed by atoms with Crippen molar-refractivity contribution < 1.29 is 0 Å². The Balaban J connectivity index is 1.92. The van der Waals surface area contributed by atoms with Gasteiger partial charge < -0.3 is 0 Å². The molecule has 0 saturated heterocycles. The van der Waals surface area contributed by atoms with E-state index in [4.69, 9.17) is 0 Å². The fourth-order valence-corrected chi connectivity index (χ4v) is 2.06. The lowest BCUT2D eigenvalue weighted by Gasteiger charge is -1.98. The second-order valence-electron chi connectivity index (χ2n) is 4.45. The summed E-state index contributed by atoms with van der Waals surface area (Å²) in [6.45, 7) is 2.16. The summed E-state index contributed by atoms with van der Waals surface area (Å²) >= 11 is 0. The number of aromatic nitrogens is 3. The third-order valence-corrected chi connectivity index (χ3v) is 3.23. The highest BCUT2D eigenvalue weighted by Crippen LogP contribution is 2.23. The van der Waals surface area contributed by atoms with Crippen LogP contribution in [0.4, 0.5) is 0 Å². The standard InChI is InChI=1S/C16H15N3/c1-2-12-3-5-13(6-4-12)15-11-16(19-18-15)14-7-9-17-10-8-14/h3-11H,2H2,1H3,(H,18,19). The molecular weight excluding hydrogens is 234 g/mol. The van der Waals surface area contributed by atoms with Crippen molar-refractivity contribution in [1.29, 1.82) is 0 Å². The molecule has 94 valence electrons. The third kappa shape index (κ3) is 2.40. The van der Waals surface area contributed by atoms with Gasteiger partial charge in [0.1, 0.15) is 0 Å². The van der Waals surface area contributed by atoms with Crippen molar-refractivity contribution in [2.45, 2.75) is 13.3 Å². The summed E-state index contributed by atoms with van der Waals surface area (Å²) in [7, 11) is 0. The van der Waals surface area contributed by atoms with E-state index in [0.29, 0.717) is 0 Å². The minimum Gasteiger partial charge on any atom is -0.277 e. The Bertz CT molecular complexity index is 654. The molecule has 0 bridgehead atoms. The van der Waals surface area contributed by atoms with Crippen LogP contribution in [0.5, 0.6) is 0 Å². The molecule has 1 N–H and O–H groups in total. The van der Waals surface area contributed by atoms with E-state index in [1.165, 1.54) is 5.56 Å². The van der Waals surface area contributed by atoms with Crippen molar-refractivity contribution in [3.05, 3.63) is 60.4 Å². The molecule has 0 amide bonds. The predicted octanol–water partition coefficient (Wildman–Crippen LogP) is 3.70. The van der Waals surface area contributed by atoms with E-state index >= 15 is 0 Å². The van der Waals surface area contributed by atoms with E-state index < -0.39 is 0 Å². The van der Waals surface area contributed by atoms with E-state index in [2.05, 4.69) is 52.4 Å². The van der Waals surface area contributed by atoms with Gasteiger partial charge >= 0.3 is 0 Å². The number of benzene rings is 1. The Morgan fingerprint density at radius 1 is 0.947 bits per heavy atom. The van der Waals surface area contributed by atoms with Crippen LogP contribution in [0.15, 0.2) is 54.9 Å². The molecule has 0 spiro atoms. The first-order chi connectivity index (χ1) is 9.36. The molecule has 3 aromatic rings. The number of hydrogen-bond acceptors (Lipinski definition) is 2. The van der Waals surface area contributed by atoms with Crippen LogP contribution in [0.2, 0.25) is 0 Å². The van der Waals surface area contributed by atoms with E-state index in [1.54, 1.807) is 12.4 Å². The van der Waals surface area contributed by atoms with Gasteiger partial charge in [0.15, 0.2) is 0 Å². The van der Waals surface area contributed by atoms with Crippen LogP contribution in [0.1, 0.15) is 12.5 Å². The van der Waals surface area contributed by atoms with Gasteiger partial charge in [-0.25, -0.2) is 0 Å². The van der Waals surface area contributed by atoms with Crippen molar-refractivity contribution in [3.8, 4) is 22.5 Å². The Hall–Kier alpha value is -2.42. The Labute approximate surface area is 112 Å². The van der Waals surface area contributed by atoms with Gasteiger partial charge in [0.2, 0.25) is 0 Å². The first-order valence-electron chi connectivity index (χ1n) is 6.42. The highest BCUT2D eigenvalue weighted by Gasteiger charge is 2.05. The fraction of sp³-hybridized carbons (Fsp3) is 0.125. The number of H-pyrrole nitrogens is 1. The smallest absolute Gasteiger partial charge is 0.0927 e. The molecule has 3 heteroatoms. The molecule has 0 aliphatic heterocycles. The number of pyridine rings is 1. The third-order valence-electron chi connectivity index (χ3n) is 3.23. The number of nitrogens with zero attached hydrogens (tertiary/aromatic N) is 2. The summed E-state index contributed by atoms with van der Waals surface area (Å²) in [5.74, 6) is 0. The van der Waals surface area contributed by atoms with Crippen LogP contribution in [0.3, 0.4) is 0 Å². The maximum Gasteiger partial charge on any atom is 0.0927 e. The molecule has 2 aromatic heterocycles. The van der Waals surface area contributed by atoms with Crippen molar-refractivity contribution in [2.24, 2.45) is 0 Å². The van der Waals surface area contributed by atoms with Crippen LogP contribution >= 0.6 is 0 Å². The zero-order valence-corrected chi connectivity index (χ0v) is 10.8. The summed E-state index contributed by atoms with van der Waals surface area (Å²) in [6.07, 6.45) is 4.63. The minimum atomic E-state index is 0.967. The van der Waals surface area contributed by atoms with Crippen LogP contribution in [-0.2, 0) is 6.42 Å². The lowest BCUT2D eigenvalue weighted by molar-refractivity contribution is 1.10. The van der Waals surface area contributed by atoms with E-state index in [-0.39, 0.29) is 0 Å². The van der Waals surface area contributed by atoms with Gasteiger partial charge in [-0.15, -0.1) is 0 Å². The molecule has 0 atom stereocenters. The minimum absolute atomic E-state index is 0.967. The van der Waals surface area contributed by atoms with Crippen LogP contribution < -0.4 is 0 Å². The zero-order valence-electron chi connectivity index (χ0n) is 10.8. The largest absolute Gasteiger partial charge is 0.277 e. The summed E-state index contributed by atoms with van der Waals surface area (Å²) in [6, 6.07) is 14.5. The molecule has 0 radical (unpaired) electrons. The maximum atomic E-state index is 4.37. The van der Waals surface area contributed by atoms with E-state index in [9.17, 15) is 0 Å². The Morgan fingerprint density at radius 3 is 2.37 bits per heavy atom. The average molecular weight is 249 g/mol. The molecule has 0 aliphatic rings. The molecule has 0 fully saturated rings. The fourth-order valence-electron chi connectivity index (χ4n) is 2.06. The van der Waals surface area contributed by atoms with Crippen LogP contribution in [-0.4, -0.2) is 15.2 Å². The molecule has 0 unspecified atom stereocenters. The normalized spacial score (nSPS) is 10.6. The quantitative estimate of drug-likeness (QED) is 0.769. The first-order valence-corrected chi connectivity index (χ1v) is 6.42. The van der Waals surface area contributed by atoms with Crippen LogP contribution in [0.25, 0.3) is 22.5 Å². The monoisotopic (exact) mass is 249 g/mol. The summed E-state index contributed by atoms with van der Waals surface area (Å²) in [5.41, 5.74) is 5.55. The van der Waals surface area contributed by atoms with Gasteiger partial charge in [-0.1, -0.05) is 31.2 Å². The van der Waals surface area contributed by atoms with E-state index in [1.807, 2.05) is 12.1 Å². The number of hydrogen-bond donors (Lipinski definition) is 1. The predicted molar refractivity (Wildman–Crippen MR) is 76.6 cm³/mol. The van der Waals surface area contributed by atoms with Gasteiger partial charge in [0.25, 0.3) is 0 Å². The molecule has 2 heterocycles. The summed E-state index contributed by atoms with van der Waals surface area (Å²) in [4.78, 5) is 4.02. The molecule has 1 aromatic carbocycles. The molecule has 3 rings (SSSR count). The summed E-state index contributed by atoms with van der Waals surface area (Å²) in [5, 5.41) is 7.44. The molecule has 3 nitrogen and oxygen atoms in total. The number of rotatable bonds is 3. The lowest BCUT2D eigenvalue weighted by Crippen LogP contribution is -1.81. The van der Waals surface area contributed by atoms with Gasteiger partial charge in [-0.3, -0.25) is 10.1 Å². The topological polar surface area (TPSA) is 41.6 Å². The highest BCUT2D eigenvalue weighted by atomic mass is 15.1. The van der Waals surface area contributed by atoms with Gasteiger partial charge in [0, 0.05) is 23.5 Å². The lowest BCUT2D eigenvalue weighted by atomic mass is 10.1. The van der Waals surface area contributed by atoms with E-state index in [0.717, 1.165) is 28.9 Å². The van der Waals surface area contributed by atoms with Gasteiger partial charge in [0.05, 0.1) is 11.4 Å². The number of nitrogens with one attached hydrogen (secondary N) is 1. The average Bonchev–Trinajstić information content (AvgIpc) is 2.98. The summed E-state index contributed by atoms with van der Waals surface area (Å²) < 4.78 is 0.